The van der Waals surface area contributed by atoms with Crippen molar-refractivity contribution in [1.82, 2.24) is 5.01 Å². The summed E-state index contributed by atoms with van der Waals surface area (Å²) < 4.78 is 7.40. The van der Waals surface area contributed by atoms with E-state index in [4.69, 9.17) is 21.4 Å². The van der Waals surface area contributed by atoms with E-state index in [9.17, 15) is 0 Å². The van der Waals surface area contributed by atoms with E-state index in [0.29, 0.717) is 0 Å². The molecule has 0 N–H and O–H groups in total. The molecule has 2 atom stereocenters. The number of hydrogen-bond acceptors (Lipinski definition) is 3. The normalized spacial score (nSPS) is 20.5. The maximum atomic E-state index is 6.38. The van der Waals surface area contributed by atoms with Gasteiger partial charge in [0, 0.05) is 27.0 Å². The Balaban J connectivity index is 1.61. The molecule has 0 amide bonds. The fraction of sp³-hybridized carbons (Fsp3) is 0.136. The van der Waals surface area contributed by atoms with Crippen LogP contribution in [0.4, 0.5) is 0 Å². The second-order valence-electron chi connectivity index (χ2n) is 6.68. The van der Waals surface area contributed by atoms with Crippen LogP contribution in [0.1, 0.15) is 35.4 Å². The number of para-hydroxylation sites is 1. The van der Waals surface area contributed by atoms with E-state index in [-0.39, 0.29) is 12.3 Å². The number of fused-ring (bicyclic) bond motifs is 3. The van der Waals surface area contributed by atoms with Gasteiger partial charge in [-0.05, 0) is 29.8 Å². The minimum absolute atomic E-state index is 0.151. The number of hydrazone groups is 1. The van der Waals surface area contributed by atoms with Crippen LogP contribution in [0.3, 0.4) is 0 Å². The smallest absolute Gasteiger partial charge is 0.214 e. The van der Waals surface area contributed by atoms with Crippen molar-refractivity contribution >= 4 is 33.2 Å². The highest BCUT2D eigenvalue weighted by molar-refractivity contribution is 9.10. The Kier molecular flexibility index (Phi) is 4.18. The number of halogens is 2. The Morgan fingerprint density at radius 3 is 2.41 bits per heavy atom. The largest absolute Gasteiger partial charge is 0.464 e. The standard InChI is InChI=1S/C22H16BrClN2O/c23-18-7-3-1-5-16(18)22-26-20(17-6-2-4-8-21(17)27-22)13-19(25-26)14-9-11-15(24)12-10-14/h1-12,20,22H,13H2/t20-,22-/m1/s1. The van der Waals surface area contributed by atoms with Gasteiger partial charge in [0.25, 0.3) is 0 Å². The van der Waals surface area contributed by atoms with Crippen LogP contribution in [0.5, 0.6) is 5.75 Å². The Hall–Kier alpha value is -2.30. The third-order valence-electron chi connectivity index (χ3n) is 5.05. The van der Waals surface area contributed by atoms with Gasteiger partial charge in [-0.1, -0.05) is 76.1 Å². The van der Waals surface area contributed by atoms with Gasteiger partial charge in [-0.3, -0.25) is 0 Å². The predicted octanol–water partition coefficient (Wildman–Crippen LogP) is 6.34. The van der Waals surface area contributed by atoms with Crippen LogP contribution in [0, 0.1) is 0 Å². The van der Waals surface area contributed by atoms with Crippen molar-refractivity contribution in [3.63, 3.8) is 0 Å². The highest BCUT2D eigenvalue weighted by atomic mass is 79.9. The van der Waals surface area contributed by atoms with E-state index in [1.54, 1.807) is 0 Å². The summed E-state index contributed by atoms with van der Waals surface area (Å²) >= 11 is 9.72. The highest BCUT2D eigenvalue weighted by Crippen LogP contribution is 2.48. The minimum atomic E-state index is -0.273. The summed E-state index contributed by atoms with van der Waals surface area (Å²) in [5.74, 6) is 0.923. The lowest BCUT2D eigenvalue weighted by Gasteiger charge is -2.38. The zero-order valence-corrected chi connectivity index (χ0v) is 16.7. The molecule has 3 nitrogen and oxygen atoms in total. The predicted molar refractivity (Wildman–Crippen MR) is 111 cm³/mol. The van der Waals surface area contributed by atoms with E-state index >= 15 is 0 Å². The monoisotopic (exact) mass is 438 g/mol. The van der Waals surface area contributed by atoms with Crippen molar-refractivity contribution in [1.29, 1.82) is 0 Å². The van der Waals surface area contributed by atoms with Crippen molar-refractivity contribution in [2.24, 2.45) is 5.10 Å². The molecule has 0 saturated carbocycles. The van der Waals surface area contributed by atoms with Gasteiger partial charge in [-0.15, -0.1) is 0 Å². The lowest BCUT2D eigenvalue weighted by molar-refractivity contribution is -0.0195. The Morgan fingerprint density at radius 2 is 1.63 bits per heavy atom. The molecule has 0 aliphatic carbocycles. The van der Waals surface area contributed by atoms with Gasteiger partial charge in [0.15, 0.2) is 0 Å². The average molecular weight is 440 g/mol. The van der Waals surface area contributed by atoms with Crippen molar-refractivity contribution in [3.05, 3.63) is 99.0 Å². The zero-order valence-electron chi connectivity index (χ0n) is 14.3. The average Bonchev–Trinajstić information content (AvgIpc) is 3.14. The molecule has 2 aliphatic heterocycles. The van der Waals surface area contributed by atoms with Crippen LogP contribution in [0.15, 0.2) is 82.4 Å². The maximum absolute atomic E-state index is 6.38. The van der Waals surface area contributed by atoms with Gasteiger partial charge < -0.3 is 4.74 Å². The van der Waals surface area contributed by atoms with Gasteiger partial charge >= 0.3 is 0 Å². The van der Waals surface area contributed by atoms with Crippen molar-refractivity contribution in [2.45, 2.75) is 18.7 Å². The molecule has 0 bridgehead atoms. The van der Waals surface area contributed by atoms with Crippen LogP contribution in [0.25, 0.3) is 0 Å². The molecule has 0 radical (unpaired) electrons. The number of rotatable bonds is 2. The van der Waals surface area contributed by atoms with Crippen LogP contribution in [-0.4, -0.2) is 10.7 Å². The Bertz CT molecular complexity index is 1030. The number of ether oxygens (including phenoxy) is 1. The molecule has 27 heavy (non-hydrogen) atoms. The molecule has 3 aromatic rings. The van der Waals surface area contributed by atoms with Gasteiger partial charge in [0.05, 0.1) is 11.8 Å². The van der Waals surface area contributed by atoms with Crippen LogP contribution >= 0.6 is 27.5 Å². The number of hydrogen-bond donors (Lipinski definition) is 0. The first-order chi connectivity index (χ1) is 13.2. The molecular weight excluding hydrogens is 424 g/mol. The molecule has 0 fully saturated rings. The van der Waals surface area contributed by atoms with E-state index in [1.807, 2.05) is 54.6 Å². The minimum Gasteiger partial charge on any atom is -0.464 e. The fourth-order valence-electron chi connectivity index (χ4n) is 3.73. The molecule has 2 aliphatic rings. The molecule has 134 valence electrons. The van der Waals surface area contributed by atoms with Crippen LogP contribution in [-0.2, 0) is 0 Å². The molecule has 0 saturated heterocycles. The molecule has 0 aromatic heterocycles. The first kappa shape index (κ1) is 16.8. The number of nitrogens with zero attached hydrogens (tertiary/aromatic N) is 2. The fourth-order valence-corrected chi connectivity index (χ4v) is 4.34. The second kappa shape index (κ2) is 6.70. The third-order valence-corrected chi connectivity index (χ3v) is 6.02. The van der Waals surface area contributed by atoms with Crippen molar-refractivity contribution in [2.75, 3.05) is 0 Å². The summed E-state index contributed by atoms with van der Waals surface area (Å²) in [5.41, 5.74) is 4.39. The SMILES string of the molecule is Clc1ccc(C2=NN3[C@H](C2)c2ccccc2O[C@@H]3c2ccccc2Br)cc1. The van der Waals surface area contributed by atoms with Crippen molar-refractivity contribution in [3.8, 4) is 5.75 Å². The zero-order chi connectivity index (χ0) is 18.4. The summed E-state index contributed by atoms with van der Waals surface area (Å²) in [7, 11) is 0. The van der Waals surface area contributed by atoms with Gasteiger partial charge in [0.2, 0.25) is 6.23 Å². The summed E-state index contributed by atoms with van der Waals surface area (Å²) in [6.45, 7) is 0. The summed E-state index contributed by atoms with van der Waals surface area (Å²) in [4.78, 5) is 0. The van der Waals surface area contributed by atoms with Gasteiger partial charge in [0.1, 0.15) is 5.75 Å². The molecule has 5 rings (SSSR count). The van der Waals surface area contributed by atoms with E-state index in [2.05, 4.69) is 39.1 Å². The lowest BCUT2D eigenvalue weighted by Crippen LogP contribution is -2.33. The topological polar surface area (TPSA) is 24.8 Å². The first-order valence-corrected chi connectivity index (χ1v) is 9.99. The molecule has 0 spiro atoms. The lowest BCUT2D eigenvalue weighted by atomic mass is 9.96. The first-order valence-electron chi connectivity index (χ1n) is 8.82. The van der Waals surface area contributed by atoms with Gasteiger partial charge in [-0.25, -0.2) is 5.01 Å². The molecule has 2 heterocycles. The third kappa shape index (κ3) is 2.93. The highest BCUT2D eigenvalue weighted by Gasteiger charge is 2.41. The van der Waals surface area contributed by atoms with Crippen LogP contribution < -0.4 is 4.74 Å². The molecule has 0 unspecified atom stereocenters. The van der Waals surface area contributed by atoms with Crippen molar-refractivity contribution < 1.29 is 4.74 Å². The quantitative estimate of drug-likeness (QED) is 0.465. The molecule has 5 heteroatoms. The summed E-state index contributed by atoms with van der Waals surface area (Å²) in [5, 5.41) is 7.79. The van der Waals surface area contributed by atoms with Gasteiger partial charge in [-0.2, -0.15) is 5.10 Å². The molecular formula is C22H16BrClN2O. The maximum Gasteiger partial charge on any atom is 0.214 e. The molecule has 3 aromatic carbocycles. The van der Waals surface area contributed by atoms with Crippen LogP contribution in [0.2, 0.25) is 5.02 Å². The Morgan fingerprint density at radius 1 is 0.926 bits per heavy atom. The summed E-state index contributed by atoms with van der Waals surface area (Å²) in [6.07, 6.45) is 0.563. The van der Waals surface area contributed by atoms with E-state index in [0.717, 1.165) is 38.5 Å². The number of benzene rings is 3. The summed E-state index contributed by atoms with van der Waals surface area (Å²) in [6, 6.07) is 24.4. The second-order valence-corrected chi connectivity index (χ2v) is 7.97. The van der Waals surface area contributed by atoms with E-state index in [1.165, 1.54) is 5.56 Å². The Labute approximate surface area is 171 Å². The van der Waals surface area contributed by atoms with E-state index < -0.39 is 0 Å².